The second-order valence-corrected chi connectivity index (χ2v) is 20.5. The molecule has 6 heterocycles. The number of carbonyl (C=O) groups excluding carboxylic acids is 3. The molecule has 22 heteroatoms. The molecule has 4 aromatic rings. The highest BCUT2D eigenvalue weighted by atomic mass is 35.5. The van der Waals surface area contributed by atoms with E-state index in [4.69, 9.17) is 72.1 Å². The summed E-state index contributed by atoms with van der Waals surface area (Å²) in [6.45, 7) is 10.7. The molecule has 4 aliphatic heterocycles. The number of nitrogens with two attached hydrogens (primary N) is 2. The van der Waals surface area contributed by atoms with E-state index in [1.807, 2.05) is 20.8 Å². The Balaban J connectivity index is 0.000000171. The largest absolute Gasteiger partial charge is 0.492 e. The van der Waals surface area contributed by atoms with Crippen LogP contribution in [0.1, 0.15) is 69.0 Å². The van der Waals surface area contributed by atoms with Crippen LogP contribution in [0.2, 0.25) is 20.1 Å². The van der Waals surface area contributed by atoms with E-state index in [0.717, 1.165) is 55.6 Å². The van der Waals surface area contributed by atoms with Gasteiger partial charge in [-0.05, 0) is 70.7 Å². The van der Waals surface area contributed by atoms with E-state index in [0.29, 0.717) is 118 Å². The number of ether oxygens (including phenoxy) is 3. The number of amides is 5. The predicted molar refractivity (Wildman–Crippen MR) is 254 cm³/mol. The molecule has 18 nitrogen and oxygen atoms in total. The molecule has 0 unspecified atom stereocenters. The standard InChI is InChI=1S/C25H30Cl2N6O4.C20H22Cl2N6O2/c1-25(2,3)37-24(35)33-8-13(9-33)12-36-19-7-14(26)6-17(27)20(19)21-16-10-32(23(34)29-15-4-5-15)11-18(16)30-22(28)31-21;21-11-3-14(22)17(16(4-11)30-9-10-5-24-6-10)18-13-7-28(20(29)25-12-1-2-12)8-15(13)26-19(23)27-18/h6-7,13,15H,4-5,8-12H2,1-3H3,(H,29,34)(H2,28,30,31);3-4,10,12,24H,1-2,5-9H2,(H,25,29)(H2,23,26,27). The van der Waals surface area contributed by atoms with Crippen molar-refractivity contribution in [2.24, 2.45) is 11.8 Å². The fourth-order valence-electron chi connectivity index (χ4n) is 8.06. The van der Waals surface area contributed by atoms with E-state index in [1.165, 1.54) is 0 Å². The Bertz CT molecular complexity index is 2600. The average molecular weight is 999 g/mol. The number of benzene rings is 2. The third-order valence-electron chi connectivity index (χ3n) is 11.9. The zero-order chi connectivity index (χ0) is 47.3. The number of halogens is 4. The van der Waals surface area contributed by atoms with Crippen LogP contribution in [-0.4, -0.2) is 110 Å². The molecular formula is C45H52Cl4N12O6. The number of hydrogen-bond acceptors (Lipinski definition) is 13. The molecule has 5 amide bonds. The van der Waals surface area contributed by atoms with Crippen molar-refractivity contribution in [3.8, 4) is 34.0 Å². The highest BCUT2D eigenvalue weighted by molar-refractivity contribution is 6.37. The van der Waals surface area contributed by atoms with Crippen molar-refractivity contribution in [2.45, 2.75) is 90.3 Å². The van der Waals surface area contributed by atoms with Gasteiger partial charge in [-0.25, -0.2) is 34.3 Å². The highest BCUT2D eigenvalue weighted by Gasteiger charge is 2.37. The maximum Gasteiger partial charge on any atom is 0.410 e. The number of rotatable bonds is 10. The number of carbonyl (C=O) groups is 3. The quantitative estimate of drug-likeness (QED) is 0.105. The topological polar surface area (TPSA) is 228 Å². The highest BCUT2D eigenvalue weighted by Crippen LogP contribution is 2.44. The van der Waals surface area contributed by atoms with Gasteiger partial charge in [-0.1, -0.05) is 46.4 Å². The first-order valence-electron chi connectivity index (χ1n) is 22.3. The van der Waals surface area contributed by atoms with E-state index >= 15 is 0 Å². The van der Waals surface area contributed by atoms with Gasteiger partial charge in [-0.2, -0.15) is 0 Å². The van der Waals surface area contributed by atoms with E-state index < -0.39 is 5.60 Å². The summed E-state index contributed by atoms with van der Waals surface area (Å²) in [6.07, 6.45) is 3.73. The number of nitrogens with one attached hydrogen (secondary N) is 3. The predicted octanol–water partition coefficient (Wildman–Crippen LogP) is 7.28. The van der Waals surface area contributed by atoms with Crippen LogP contribution >= 0.6 is 46.4 Å². The second kappa shape index (κ2) is 19.0. The first kappa shape index (κ1) is 46.8. The molecule has 6 aliphatic rings. The molecule has 356 valence electrons. The maximum atomic E-state index is 12.7. The molecule has 0 spiro atoms. The van der Waals surface area contributed by atoms with E-state index in [-0.39, 0.29) is 48.1 Å². The number of fused-ring (bicyclic) bond motifs is 2. The molecule has 2 saturated carbocycles. The van der Waals surface area contributed by atoms with Crippen molar-refractivity contribution in [1.29, 1.82) is 0 Å². The molecule has 2 aromatic carbocycles. The summed E-state index contributed by atoms with van der Waals surface area (Å²) in [6, 6.07) is 7.00. The summed E-state index contributed by atoms with van der Waals surface area (Å²) in [5, 5.41) is 10.9. The molecule has 2 aliphatic carbocycles. The normalized spacial score (nSPS) is 17.7. The van der Waals surface area contributed by atoms with Gasteiger partial charge in [0.1, 0.15) is 17.1 Å². The van der Waals surface area contributed by atoms with Gasteiger partial charge in [-0.3, -0.25) is 0 Å². The molecule has 2 aromatic heterocycles. The molecule has 7 N–H and O–H groups in total. The minimum absolute atomic E-state index is 0.0853. The van der Waals surface area contributed by atoms with Crippen molar-refractivity contribution >= 4 is 76.5 Å². The smallest absolute Gasteiger partial charge is 0.410 e. The summed E-state index contributed by atoms with van der Waals surface area (Å²) in [5.41, 5.74) is 16.8. The Morgan fingerprint density at radius 2 is 1.12 bits per heavy atom. The first-order valence-corrected chi connectivity index (χ1v) is 23.8. The lowest BCUT2D eigenvalue weighted by Gasteiger charge is -2.39. The van der Waals surface area contributed by atoms with Crippen LogP contribution in [0.25, 0.3) is 22.5 Å². The summed E-state index contributed by atoms with van der Waals surface area (Å²) in [5.74, 6) is 1.80. The van der Waals surface area contributed by atoms with Crippen molar-refractivity contribution in [1.82, 2.24) is 50.6 Å². The van der Waals surface area contributed by atoms with Crippen LogP contribution in [0.4, 0.5) is 26.3 Å². The Morgan fingerprint density at radius 1 is 0.672 bits per heavy atom. The molecule has 0 radical (unpaired) electrons. The third kappa shape index (κ3) is 11.0. The Labute approximate surface area is 407 Å². The monoisotopic (exact) mass is 996 g/mol. The summed E-state index contributed by atoms with van der Waals surface area (Å²) in [4.78, 5) is 60.2. The van der Waals surface area contributed by atoms with E-state index in [1.54, 1.807) is 39.0 Å². The lowest BCUT2D eigenvalue weighted by atomic mass is 10.0. The second-order valence-electron chi connectivity index (χ2n) is 18.8. The van der Waals surface area contributed by atoms with Crippen LogP contribution in [-0.2, 0) is 30.9 Å². The number of aromatic nitrogens is 4. The van der Waals surface area contributed by atoms with Crippen molar-refractivity contribution in [2.75, 3.05) is 50.9 Å². The number of nitrogen functional groups attached to an aromatic ring is 2. The minimum Gasteiger partial charge on any atom is -0.492 e. The number of nitrogens with zero attached hydrogens (tertiary/aromatic N) is 7. The number of likely N-dealkylation sites (tertiary alicyclic amines) is 1. The zero-order valence-corrected chi connectivity index (χ0v) is 40.3. The minimum atomic E-state index is -0.543. The van der Waals surface area contributed by atoms with Gasteiger partial charge in [0.2, 0.25) is 11.9 Å². The molecule has 4 fully saturated rings. The van der Waals surface area contributed by atoms with Crippen LogP contribution in [0.15, 0.2) is 24.3 Å². The van der Waals surface area contributed by atoms with Crippen LogP contribution < -0.4 is 36.9 Å². The lowest BCUT2D eigenvalue weighted by Crippen LogP contribution is -2.53. The van der Waals surface area contributed by atoms with E-state index in [9.17, 15) is 14.4 Å². The Kier molecular flexibility index (Phi) is 13.3. The van der Waals surface area contributed by atoms with Crippen molar-refractivity contribution < 1.29 is 28.6 Å². The van der Waals surface area contributed by atoms with Crippen LogP contribution in [0.5, 0.6) is 11.5 Å². The van der Waals surface area contributed by atoms with Crippen LogP contribution in [0.3, 0.4) is 0 Å². The molecule has 2 saturated heterocycles. The summed E-state index contributed by atoms with van der Waals surface area (Å²) in [7, 11) is 0. The first-order chi connectivity index (χ1) is 31.9. The van der Waals surface area contributed by atoms with Crippen LogP contribution in [0, 0.1) is 11.8 Å². The fraction of sp³-hybridized carbons (Fsp3) is 0.489. The molecule has 10 rings (SSSR count). The third-order valence-corrected chi connectivity index (χ3v) is 13.0. The number of hydrogen-bond donors (Lipinski definition) is 5. The molecule has 0 bridgehead atoms. The van der Waals surface area contributed by atoms with Crippen molar-refractivity contribution in [3.05, 3.63) is 66.9 Å². The maximum absolute atomic E-state index is 12.7. The van der Waals surface area contributed by atoms with Gasteiger partial charge >= 0.3 is 18.2 Å². The lowest BCUT2D eigenvalue weighted by molar-refractivity contribution is -0.00779. The number of urea groups is 2. The van der Waals surface area contributed by atoms with Gasteiger partial charge in [0.25, 0.3) is 0 Å². The van der Waals surface area contributed by atoms with Crippen molar-refractivity contribution in [3.63, 3.8) is 0 Å². The van der Waals surface area contributed by atoms with Gasteiger partial charge in [-0.15, -0.1) is 0 Å². The van der Waals surface area contributed by atoms with Gasteiger partial charge < -0.3 is 56.3 Å². The zero-order valence-electron chi connectivity index (χ0n) is 37.3. The molecular weight excluding hydrogens is 946 g/mol. The molecule has 67 heavy (non-hydrogen) atoms. The van der Waals surface area contributed by atoms with E-state index in [2.05, 4.69) is 35.9 Å². The van der Waals surface area contributed by atoms with Gasteiger partial charge in [0.15, 0.2) is 0 Å². The Hall–Kier alpha value is -5.27. The average Bonchev–Trinajstić information content (AvgIpc) is 4.12. The molecule has 0 atom stereocenters. The Morgan fingerprint density at radius 3 is 1.52 bits per heavy atom. The SMILES string of the molecule is CC(C)(C)OC(=O)N1CC(COc2cc(Cl)cc(Cl)c2-c2nc(N)nc3c2CN(C(=O)NC2CC2)C3)C1.Nc1nc2c(c(-c3c(Cl)cc(Cl)cc3OCC3CNC3)n1)CN(C(=O)NC1CC1)C2. The summed E-state index contributed by atoms with van der Waals surface area (Å²) < 4.78 is 17.7. The number of anilines is 2. The summed E-state index contributed by atoms with van der Waals surface area (Å²) >= 11 is 25.8. The van der Waals surface area contributed by atoms with Gasteiger partial charge in [0.05, 0.1) is 83.3 Å². The fourth-order valence-corrected chi connectivity index (χ4v) is 9.18. The van der Waals surface area contributed by atoms with Gasteiger partial charge in [0, 0.05) is 71.3 Å².